The summed E-state index contributed by atoms with van der Waals surface area (Å²) in [6.45, 7) is 5.30. The van der Waals surface area contributed by atoms with E-state index < -0.39 is 5.41 Å². The van der Waals surface area contributed by atoms with E-state index >= 15 is 0 Å². The summed E-state index contributed by atoms with van der Waals surface area (Å²) in [4.78, 5) is 11.9. The van der Waals surface area contributed by atoms with Crippen LogP contribution >= 0.6 is 0 Å². The van der Waals surface area contributed by atoms with Crippen molar-refractivity contribution in [1.29, 1.82) is 0 Å². The van der Waals surface area contributed by atoms with Gasteiger partial charge in [-0.05, 0) is 39.0 Å². The van der Waals surface area contributed by atoms with Gasteiger partial charge in [0, 0.05) is 10.8 Å². The first-order valence-electron chi connectivity index (χ1n) is 5.96. The summed E-state index contributed by atoms with van der Waals surface area (Å²) in [5.74, 6) is -0.404. The van der Waals surface area contributed by atoms with Crippen LogP contribution in [0.1, 0.15) is 20.8 Å². The second-order valence-corrected chi connectivity index (χ2v) is 5.42. The minimum Gasteiger partial charge on any atom is -0.504 e. The van der Waals surface area contributed by atoms with Crippen molar-refractivity contribution in [2.24, 2.45) is 5.41 Å². The van der Waals surface area contributed by atoms with Crippen molar-refractivity contribution in [3.63, 3.8) is 0 Å². The number of hydrogen-bond acceptors (Lipinski definition) is 4. The molecule has 0 radical (unpaired) electrons. The lowest BCUT2D eigenvalue weighted by molar-refractivity contribution is -0.142. The largest absolute Gasteiger partial charge is 0.504 e. The van der Waals surface area contributed by atoms with Gasteiger partial charge in [0.15, 0.2) is 11.5 Å². The van der Waals surface area contributed by atoms with Gasteiger partial charge in [-0.2, -0.15) is 0 Å². The zero-order chi connectivity index (χ0) is 14.2. The van der Waals surface area contributed by atoms with Gasteiger partial charge in [0.1, 0.15) is 5.75 Å². The first-order chi connectivity index (χ1) is 8.80. The van der Waals surface area contributed by atoms with Gasteiger partial charge in [-0.15, -0.1) is 0 Å². The number of carbonyl (C=O) groups is 1. The Morgan fingerprint density at radius 3 is 2.37 bits per heavy atom. The van der Waals surface area contributed by atoms with E-state index in [1.165, 1.54) is 6.07 Å². The average molecular weight is 260 g/mol. The van der Waals surface area contributed by atoms with Gasteiger partial charge >= 0.3 is 5.97 Å². The number of ether oxygens (including phenoxy) is 1. The van der Waals surface area contributed by atoms with Crippen LogP contribution in [0.3, 0.4) is 0 Å². The first kappa shape index (κ1) is 13.2. The van der Waals surface area contributed by atoms with Crippen LogP contribution in [0.25, 0.3) is 10.8 Å². The van der Waals surface area contributed by atoms with E-state index in [9.17, 15) is 15.0 Å². The maximum Gasteiger partial charge on any atom is 0.316 e. The van der Waals surface area contributed by atoms with Crippen molar-refractivity contribution >= 4 is 16.7 Å². The standard InChI is InChI=1S/C15H16O4/c1-15(2,3)14(18)19-12-6-4-5-10-9(12)7-8-11(16)13(10)17/h4-8,16-17H,1-3H3. The molecule has 0 heterocycles. The van der Waals surface area contributed by atoms with Crippen LogP contribution in [0.15, 0.2) is 30.3 Å². The van der Waals surface area contributed by atoms with Gasteiger partial charge in [0.25, 0.3) is 0 Å². The topological polar surface area (TPSA) is 66.8 Å². The average Bonchev–Trinajstić information content (AvgIpc) is 2.33. The van der Waals surface area contributed by atoms with E-state index in [1.807, 2.05) is 0 Å². The van der Waals surface area contributed by atoms with Crippen LogP contribution in [0, 0.1) is 5.41 Å². The molecule has 4 heteroatoms. The lowest BCUT2D eigenvalue weighted by Gasteiger charge is -2.17. The molecule has 2 aromatic carbocycles. The molecule has 2 N–H and O–H groups in total. The Bertz CT molecular complexity index is 638. The highest BCUT2D eigenvalue weighted by Gasteiger charge is 2.24. The molecule has 2 rings (SSSR count). The molecule has 4 nitrogen and oxygen atoms in total. The fourth-order valence-electron chi connectivity index (χ4n) is 1.64. The van der Waals surface area contributed by atoms with E-state index in [4.69, 9.17) is 4.74 Å². The number of aromatic hydroxyl groups is 2. The highest BCUT2D eigenvalue weighted by Crippen LogP contribution is 2.37. The lowest BCUT2D eigenvalue weighted by atomic mass is 9.97. The van der Waals surface area contributed by atoms with Gasteiger partial charge in [0.2, 0.25) is 0 Å². The highest BCUT2D eigenvalue weighted by atomic mass is 16.5. The zero-order valence-electron chi connectivity index (χ0n) is 11.1. The minimum absolute atomic E-state index is 0.202. The number of carbonyl (C=O) groups excluding carboxylic acids is 1. The Balaban J connectivity index is 2.51. The number of phenolic OH excluding ortho intramolecular Hbond substituents is 2. The Morgan fingerprint density at radius 2 is 1.74 bits per heavy atom. The van der Waals surface area contributed by atoms with Crippen LogP contribution in [-0.2, 0) is 4.79 Å². The van der Waals surface area contributed by atoms with Crippen LogP contribution in [0.2, 0.25) is 0 Å². The van der Waals surface area contributed by atoms with Gasteiger partial charge in [0.05, 0.1) is 5.41 Å². The molecule has 0 spiro atoms. The number of hydrogen-bond donors (Lipinski definition) is 2. The van der Waals surface area contributed by atoms with Crippen molar-refractivity contribution in [2.45, 2.75) is 20.8 Å². The Hall–Kier alpha value is -2.23. The molecule has 0 aliphatic heterocycles. The molecular formula is C15H16O4. The summed E-state index contributed by atoms with van der Waals surface area (Å²) >= 11 is 0. The first-order valence-corrected chi connectivity index (χ1v) is 5.96. The van der Waals surface area contributed by atoms with E-state index in [0.717, 1.165) is 0 Å². The van der Waals surface area contributed by atoms with E-state index in [2.05, 4.69) is 0 Å². The van der Waals surface area contributed by atoms with Crippen molar-refractivity contribution in [1.82, 2.24) is 0 Å². The number of rotatable bonds is 1. The minimum atomic E-state index is -0.610. The lowest BCUT2D eigenvalue weighted by Crippen LogP contribution is -2.25. The smallest absolute Gasteiger partial charge is 0.316 e. The number of benzene rings is 2. The fraction of sp³-hybridized carbons (Fsp3) is 0.267. The predicted octanol–water partition coefficient (Wildman–Crippen LogP) is 3.20. The maximum absolute atomic E-state index is 11.9. The summed E-state index contributed by atoms with van der Waals surface area (Å²) in [5, 5.41) is 20.3. The van der Waals surface area contributed by atoms with Crippen LogP contribution < -0.4 is 4.74 Å². The molecule has 0 saturated heterocycles. The highest BCUT2D eigenvalue weighted by molar-refractivity contribution is 5.96. The molecule has 0 bridgehead atoms. The van der Waals surface area contributed by atoms with E-state index in [0.29, 0.717) is 16.5 Å². The summed E-state index contributed by atoms with van der Waals surface area (Å²) < 4.78 is 5.36. The molecule has 0 atom stereocenters. The number of phenols is 2. The fourth-order valence-corrected chi connectivity index (χ4v) is 1.64. The predicted molar refractivity (Wildman–Crippen MR) is 72.4 cm³/mol. The van der Waals surface area contributed by atoms with Crippen molar-refractivity contribution in [2.75, 3.05) is 0 Å². The molecule has 0 unspecified atom stereocenters. The second kappa shape index (κ2) is 4.46. The van der Waals surface area contributed by atoms with Crippen molar-refractivity contribution < 1.29 is 19.7 Å². The normalized spacial score (nSPS) is 11.5. The van der Waals surface area contributed by atoms with Gasteiger partial charge in [-0.25, -0.2) is 0 Å². The Labute approximate surface area is 111 Å². The molecule has 2 aromatic rings. The van der Waals surface area contributed by atoms with Gasteiger partial charge in [-0.3, -0.25) is 4.79 Å². The summed E-state index contributed by atoms with van der Waals surface area (Å²) in [5.41, 5.74) is -0.610. The third kappa shape index (κ3) is 2.47. The quantitative estimate of drug-likeness (QED) is 0.469. The number of fused-ring (bicyclic) bond motifs is 1. The van der Waals surface area contributed by atoms with Crippen LogP contribution in [0.4, 0.5) is 0 Å². The molecule has 0 amide bonds. The Morgan fingerprint density at radius 1 is 1.05 bits per heavy atom. The summed E-state index contributed by atoms with van der Waals surface area (Å²) in [7, 11) is 0. The van der Waals surface area contributed by atoms with Crippen LogP contribution in [-0.4, -0.2) is 16.2 Å². The summed E-state index contributed by atoms with van der Waals surface area (Å²) in [6, 6.07) is 7.94. The third-order valence-corrected chi connectivity index (χ3v) is 2.79. The SMILES string of the molecule is CC(C)(C)C(=O)Oc1cccc2c(O)c(O)ccc12. The molecule has 0 fully saturated rings. The summed E-state index contributed by atoms with van der Waals surface area (Å²) in [6.07, 6.45) is 0. The third-order valence-electron chi connectivity index (χ3n) is 2.79. The van der Waals surface area contributed by atoms with E-state index in [1.54, 1.807) is 45.0 Å². The molecule has 0 aromatic heterocycles. The van der Waals surface area contributed by atoms with Crippen molar-refractivity contribution in [3.05, 3.63) is 30.3 Å². The maximum atomic E-state index is 11.9. The molecule has 0 aliphatic rings. The van der Waals surface area contributed by atoms with Gasteiger partial charge < -0.3 is 14.9 Å². The monoisotopic (exact) mass is 260 g/mol. The second-order valence-electron chi connectivity index (χ2n) is 5.42. The zero-order valence-corrected chi connectivity index (χ0v) is 11.1. The van der Waals surface area contributed by atoms with Crippen LogP contribution in [0.5, 0.6) is 17.2 Å². The molecule has 100 valence electrons. The van der Waals surface area contributed by atoms with Gasteiger partial charge in [-0.1, -0.05) is 12.1 Å². The number of esters is 1. The van der Waals surface area contributed by atoms with Crippen molar-refractivity contribution in [3.8, 4) is 17.2 Å². The molecule has 19 heavy (non-hydrogen) atoms. The molecular weight excluding hydrogens is 244 g/mol. The molecule has 0 saturated carbocycles. The Kier molecular flexibility index (Phi) is 3.10. The molecule has 0 aliphatic carbocycles. The van der Waals surface area contributed by atoms with E-state index in [-0.39, 0.29) is 17.5 Å².